The Kier molecular flexibility index (Phi) is 2.84. The van der Waals surface area contributed by atoms with Gasteiger partial charge in [-0.1, -0.05) is 24.6 Å². The van der Waals surface area contributed by atoms with Crippen LogP contribution in [0.3, 0.4) is 0 Å². The molecule has 1 heteroatoms. The second kappa shape index (κ2) is 3.91. The van der Waals surface area contributed by atoms with Gasteiger partial charge in [0.1, 0.15) is 0 Å². The lowest BCUT2D eigenvalue weighted by Gasteiger charge is -1.96. The summed E-state index contributed by atoms with van der Waals surface area (Å²) < 4.78 is 0. The number of aliphatic imine (C=N–C) groups is 1. The van der Waals surface area contributed by atoms with E-state index in [2.05, 4.69) is 31.0 Å². The Labute approximate surface area is 67.8 Å². The molecule has 1 aliphatic heterocycles. The predicted octanol–water partition coefficient (Wildman–Crippen LogP) is 2.87. The predicted molar refractivity (Wildman–Crippen MR) is 49.8 cm³/mol. The first-order chi connectivity index (χ1) is 5.33. The molecular weight excluding hydrogens is 134 g/mol. The number of hydrogen-bond acceptors (Lipinski definition) is 1. The van der Waals surface area contributed by atoms with Gasteiger partial charge in [0.05, 0.1) is 0 Å². The third-order valence-electron chi connectivity index (χ3n) is 1.59. The van der Waals surface area contributed by atoms with Crippen molar-refractivity contribution < 1.29 is 0 Å². The Morgan fingerprint density at radius 1 is 1.36 bits per heavy atom. The molecule has 0 aliphatic carbocycles. The molecule has 58 valence electrons. The van der Waals surface area contributed by atoms with Crippen molar-refractivity contribution in [2.45, 2.75) is 20.3 Å². The standard InChI is InChI=1S/C10H13N/c1-3-10-7-6-9(2)5-4-8-11-10/h4-8H,3H2,1-2H3/b5-4-,7-6?,8-4?,9-5?,9-6+,10-7?,11-8?,11-10?. The highest BCUT2D eigenvalue weighted by molar-refractivity contribution is 5.73. The lowest BCUT2D eigenvalue weighted by atomic mass is 10.2. The van der Waals surface area contributed by atoms with Crippen molar-refractivity contribution >= 4 is 6.21 Å². The molecule has 0 fully saturated rings. The largest absolute Gasteiger partial charge is 0.261 e. The van der Waals surface area contributed by atoms with Crippen LogP contribution in [0.25, 0.3) is 0 Å². The van der Waals surface area contributed by atoms with Crippen LogP contribution in [-0.2, 0) is 0 Å². The first-order valence-electron chi connectivity index (χ1n) is 3.91. The van der Waals surface area contributed by atoms with Gasteiger partial charge in [-0.2, -0.15) is 0 Å². The zero-order valence-corrected chi connectivity index (χ0v) is 7.04. The fourth-order valence-corrected chi connectivity index (χ4v) is 0.869. The maximum Gasteiger partial charge on any atom is 0.0400 e. The summed E-state index contributed by atoms with van der Waals surface area (Å²) in [5, 5.41) is 0. The highest BCUT2D eigenvalue weighted by Crippen LogP contribution is 2.06. The number of hydrogen-bond donors (Lipinski definition) is 0. The normalized spacial score (nSPS) is 24.5. The Bertz CT molecular complexity index is 242. The molecule has 0 atom stereocenters. The molecule has 0 amide bonds. The van der Waals surface area contributed by atoms with Crippen LogP contribution in [0.5, 0.6) is 0 Å². The van der Waals surface area contributed by atoms with E-state index >= 15 is 0 Å². The Balaban J connectivity index is 2.84. The molecule has 1 heterocycles. The van der Waals surface area contributed by atoms with Gasteiger partial charge in [-0.05, 0) is 25.5 Å². The van der Waals surface area contributed by atoms with E-state index in [-0.39, 0.29) is 0 Å². The summed E-state index contributed by atoms with van der Waals surface area (Å²) in [6.45, 7) is 4.19. The Hall–Kier alpha value is -1.11. The topological polar surface area (TPSA) is 12.4 Å². The molecule has 0 bridgehead atoms. The molecule has 0 spiro atoms. The maximum atomic E-state index is 4.24. The van der Waals surface area contributed by atoms with Crippen LogP contribution in [-0.4, -0.2) is 6.21 Å². The van der Waals surface area contributed by atoms with Crippen LogP contribution in [0.15, 0.2) is 40.6 Å². The Morgan fingerprint density at radius 2 is 2.18 bits per heavy atom. The molecule has 1 aliphatic rings. The fraction of sp³-hybridized carbons (Fsp3) is 0.300. The minimum atomic E-state index is 0.994. The van der Waals surface area contributed by atoms with E-state index in [4.69, 9.17) is 0 Å². The van der Waals surface area contributed by atoms with Crippen LogP contribution >= 0.6 is 0 Å². The number of allylic oxidation sites excluding steroid dienone is 6. The van der Waals surface area contributed by atoms with Crippen molar-refractivity contribution in [1.29, 1.82) is 0 Å². The van der Waals surface area contributed by atoms with Crippen molar-refractivity contribution in [1.82, 2.24) is 0 Å². The summed E-state index contributed by atoms with van der Waals surface area (Å²) in [5.74, 6) is 0. The lowest BCUT2D eigenvalue weighted by Crippen LogP contribution is -1.79. The van der Waals surface area contributed by atoms with Gasteiger partial charge in [-0.3, -0.25) is 4.99 Å². The smallest absolute Gasteiger partial charge is 0.0400 e. The summed E-state index contributed by atoms with van der Waals surface area (Å²) in [5.41, 5.74) is 2.40. The van der Waals surface area contributed by atoms with E-state index < -0.39 is 0 Å². The zero-order valence-electron chi connectivity index (χ0n) is 7.04. The monoisotopic (exact) mass is 147 g/mol. The van der Waals surface area contributed by atoms with Crippen LogP contribution in [0.1, 0.15) is 20.3 Å². The SMILES string of the molecule is CCC1=C/C=C(C)/C=C\C=N1. The first kappa shape index (κ1) is 7.99. The van der Waals surface area contributed by atoms with Crippen molar-refractivity contribution in [2.75, 3.05) is 0 Å². The van der Waals surface area contributed by atoms with Crippen molar-refractivity contribution in [3.05, 3.63) is 35.6 Å². The molecule has 0 unspecified atom stereocenters. The highest BCUT2D eigenvalue weighted by Gasteiger charge is 1.88. The van der Waals surface area contributed by atoms with Gasteiger partial charge in [-0.25, -0.2) is 0 Å². The Morgan fingerprint density at radius 3 is 2.91 bits per heavy atom. The van der Waals surface area contributed by atoms with Crippen molar-refractivity contribution in [3.8, 4) is 0 Å². The molecule has 0 saturated heterocycles. The van der Waals surface area contributed by atoms with E-state index in [1.165, 1.54) is 5.57 Å². The lowest BCUT2D eigenvalue weighted by molar-refractivity contribution is 1.07. The number of nitrogens with zero attached hydrogens (tertiary/aromatic N) is 1. The minimum Gasteiger partial charge on any atom is -0.261 e. The quantitative estimate of drug-likeness (QED) is 0.540. The average Bonchev–Trinajstić information content (AvgIpc) is 1.98. The third-order valence-corrected chi connectivity index (χ3v) is 1.59. The minimum absolute atomic E-state index is 0.994. The molecular formula is C10H13N. The highest BCUT2D eigenvalue weighted by atomic mass is 14.7. The summed E-state index contributed by atoms with van der Waals surface area (Å²) in [6.07, 6.45) is 11.0. The van der Waals surface area contributed by atoms with Gasteiger partial charge in [-0.15, -0.1) is 0 Å². The summed E-state index contributed by atoms with van der Waals surface area (Å²) >= 11 is 0. The molecule has 0 saturated carbocycles. The van der Waals surface area contributed by atoms with Crippen LogP contribution < -0.4 is 0 Å². The van der Waals surface area contributed by atoms with Gasteiger partial charge in [0.15, 0.2) is 0 Å². The maximum absolute atomic E-state index is 4.24. The van der Waals surface area contributed by atoms with Crippen molar-refractivity contribution in [3.63, 3.8) is 0 Å². The van der Waals surface area contributed by atoms with Gasteiger partial charge >= 0.3 is 0 Å². The van der Waals surface area contributed by atoms with E-state index in [1.807, 2.05) is 18.4 Å². The van der Waals surface area contributed by atoms with E-state index in [1.54, 1.807) is 0 Å². The summed E-state index contributed by atoms with van der Waals surface area (Å²) in [6, 6.07) is 0. The molecule has 0 aromatic heterocycles. The van der Waals surface area contributed by atoms with Crippen LogP contribution in [0, 0.1) is 0 Å². The average molecular weight is 147 g/mol. The van der Waals surface area contributed by atoms with E-state index in [9.17, 15) is 0 Å². The molecule has 1 nitrogen and oxygen atoms in total. The molecule has 0 radical (unpaired) electrons. The first-order valence-corrected chi connectivity index (χ1v) is 3.91. The van der Waals surface area contributed by atoms with Gasteiger partial charge < -0.3 is 0 Å². The van der Waals surface area contributed by atoms with Crippen molar-refractivity contribution in [2.24, 2.45) is 4.99 Å². The zero-order chi connectivity index (χ0) is 8.10. The van der Waals surface area contributed by atoms with Crippen LogP contribution in [0.2, 0.25) is 0 Å². The van der Waals surface area contributed by atoms with Gasteiger partial charge in [0.2, 0.25) is 0 Å². The fourth-order valence-electron chi connectivity index (χ4n) is 0.869. The van der Waals surface area contributed by atoms with E-state index in [0.717, 1.165) is 12.1 Å². The summed E-state index contributed by atoms with van der Waals surface area (Å²) in [4.78, 5) is 4.24. The van der Waals surface area contributed by atoms with E-state index in [0.29, 0.717) is 0 Å². The van der Waals surface area contributed by atoms with Gasteiger partial charge in [0, 0.05) is 11.9 Å². The molecule has 1 rings (SSSR count). The molecule has 11 heavy (non-hydrogen) atoms. The molecule has 0 aromatic carbocycles. The van der Waals surface area contributed by atoms with Crippen LogP contribution in [0.4, 0.5) is 0 Å². The molecule has 0 aromatic rings. The second-order valence-electron chi connectivity index (χ2n) is 2.56. The summed E-state index contributed by atoms with van der Waals surface area (Å²) in [7, 11) is 0. The molecule has 0 N–H and O–H groups in total. The third kappa shape index (κ3) is 2.54. The van der Waals surface area contributed by atoms with Gasteiger partial charge in [0.25, 0.3) is 0 Å². The second-order valence-corrected chi connectivity index (χ2v) is 2.56. The number of rotatable bonds is 1.